The number of amides is 14. The zero-order chi connectivity index (χ0) is 75.0. The van der Waals surface area contributed by atoms with Crippen molar-refractivity contribution in [1.82, 2.24) is 78.8 Å². The van der Waals surface area contributed by atoms with Crippen LogP contribution in [0.3, 0.4) is 0 Å². The second-order valence-electron chi connectivity index (χ2n) is 22.1. The van der Waals surface area contributed by atoms with Crippen LogP contribution in [0.15, 0.2) is 55.0 Å². The predicted molar refractivity (Wildman–Crippen MR) is 346 cm³/mol. The van der Waals surface area contributed by atoms with Gasteiger partial charge in [-0.25, -0.2) is 29.3 Å². The number of aliphatic carboxylic acids is 1. The van der Waals surface area contributed by atoms with Crippen LogP contribution in [-0.4, -0.2) is 225 Å². The van der Waals surface area contributed by atoms with Crippen LogP contribution in [0.2, 0.25) is 0 Å². The van der Waals surface area contributed by atoms with Crippen LogP contribution in [0.4, 0.5) is 0 Å². The number of carbonyl (C=O) groups is 18. The van der Waals surface area contributed by atoms with Crippen LogP contribution >= 0.6 is 0 Å². The second-order valence-corrected chi connectivity index (χ2v) is 22.1. The molecule has 40 nitrogen and oxygen atoms in total. The first kappa shape index (κ1) is 83.1. The lowest BCUT2D eigenvalue weighted by molar-refractivity contribution is -0.137. The maximum atomic E-state index is 13.7. The van der Waals surface area contributed by atoms with Crippen molar-refractivity contribution in [2.75, 3.05) is 52.4 Å². The molecule has 3 heterocycles. The van der Waals surface area contributed by atoms with Gasteiger partial charge in [0.05, 0.1) is 6.42 Å². The minimum Gasteiger partial charge on any atom is -0.481 e. The summed E-state index contributed by atoms with van der Waals surface area (Å²) in [7, 11) is 0. The third-order valence-corrected chi connectivity index (χ3v) is 14.0. The molecule has 0 bridgehead atoms. The first-order valence-corrected chi connectivity index (χ1v) is 31.3. The molecule has 0 saturated carbocycles. The number of aromatic carboxylic acids is 3. The number of rotatable bonds is 48. The average Bonchev–Trinajstić information content (AvgIpc) is 0.893. The minimum atomic E-state index is -1.49. The Hall–Kier alpha value is -12.1. The van der Waals surface area contributed by atoms with Gasteiger partial charge < -0.3 is 101 Å². The van der Waals surface area contributed by atoms with Crippen LogP contribution in [0.25, 0.3) is 0 Å². The molecule has 0 saturated heterocycles. The van der Waals surface area contributed by atoms with E-state index in [9.17, 15) is 102 Å². The summed E-state index contributed by atoms with van der Waals surface area (Å²) in [4.78, 5) is 238. The molecule has 3 rings (SSSR count). The number of nitrogens with one attached hydrogen (secondary N) is 12. The highest BCUT2D eigenvalue weighted by atomic mass is 16.4. The van der Waals surface area contributed by atoms with Gasteiger partial charge in [0, 0.05) is 148 Å². The lowest BCUT2D eigenvalue weighted by Gasteiger charge is -2.21. The van der Waals surface area contributed by atoms with Gasteiger partial charge in [-0.05, 0) is 65.9 Å². The first-order valence-electron chi connectivity index (χ1n) is 31.3. The van der Waals surface area contributed by atoms with E-state index in [2.05, 4.69) is 78.8 Å². The Balaban J connectivity index is 1.63. The zero-order valence-corrected chi connectivity index (χ0v) is 54.6. The lowest BCUT2D eigenvalue weighted by Crippen LogP contribution is -2.51. The Morgan fingerprint density at radius 1 is 0.327 bits per heavy atom. The molecule has 3 unspecified atom stereocenters. The molecular weight excluding hydrogens is 1340 g/mol. The third kappa shape index (κ3) is 34.6. The predicted octanol–water partition coefficient (Wildman–Crippen LogP) is -7.07. The molecule has 40 heteroatoms. The molecule has 0 fully saturated rings. The van der Waals surface area contributed by atoms with Gasteiger partial charge in [0.1, 0.15) is 47.3 Å². The van der Waals surface area contributed by atoms with Gasteiger partial charge in [-0.15, -0.1) is 0 Å². The van der Waals surface area contributed by atoms with Gasteiger partial charge in [0.25, 0.3) is 0 Å². The lowest BCUT2D eigenvalue weighted by atomic mass is 10.0. The topological polar surface area (TPSA) is 649 Å². The van der Waals surface area contributed by atoms with Gasteiger partial charge in [-0.1, -0.05) is 0 Å². The van der Waals surface area contributed by atoms with E-state index in [1.165, 1.54) is 42.7 Å². The van der Waals surface area contributed by atoms with Gasteiger partial charge >= 0.3 is 23.9 Å². The Morgan fingerprint density at radius 3 is 0.842 bits per heavy atom. The Labute approximate surface area is 575 Å². The summed E-state index contributed by atoms with van der Waals surface area (Å²) in [5.41, 5.74) is 15.6. The molecule has 548 valence electrons. The van der Waals surface area contributed by atoms with Crippen LogP contribution in [0.5, 0.6) is 0 Å². The van der Waals surface area contributed by atoms with E-state index in [-0.39, 0.29) is 119 Å². The van der Waals surface area contributed by atoms with Gasteiger partial charge in [-0.3, -0.25) is 71.9 Å². The summed E-state index contributed by atoms with van der Waals surface area (Å²) in [6.07, 6.45) is -1.75. The Morgan fingerprint density at radius 2 is 0.574 bits per heavy atom. The van der Waals surface area contributed by atoms with Gasteiger partial charge in [0.15, 0.2) is 0 Å². The molecule has 5 atom stereocenters. The maximum Gasteiger partial charge on any atom is 0.354 e. The van der Waals surface area contributed by atoms with Crippen molar-refractivity contribution in [3.63, 3.8) is 0 Å². The number of hydrogen-bond donors (Lipinski definition) is 19. The highest BCUT2D eigenvalue weighted by molar-refractivity contribution is 5.94. The Bertz CT molecular complexity index is 3500. The summed E-state index contributed by atoms with van der Waals surface area (Å²) >= 11 is 0. The van der Waals surface area contributed by atoms with Crippen molar-refractivity contribution in [1.29, 1.82) is 0 Å². The molecule has 3 aromatic rings. The fourth-order valence-corrected chi connectivity index (χ4v) is 8.98. The minimum absolute atomic E-state index is 0.00843. The normalized spacial score (nSPS) is 12.1. The molecule has 0 aliphatic carbocycles. The van der Waals surface area contributed by atoms with Crippen LogP contribution in [0.1, 0.15) is 125 Å². The van der Waals surface area contributed by atoms with E-state index in [0.717, 1.165) is 12.3 Å². The van der Waals surface area contributed by atoms with Gasteiger partial charge in [-0.2, -0.15) is 0 Å². The van der Waals surface area contributed by atoms with Crippen molar-refractivity contribution < 1.29 is 107 Å². The highest BCUT2D eigenvalue weighted by Crippen LogP contribution is 2.11. The van der Waals surface area contributed by atoms with Crippen molar-refractivity contribution in [3.05, 3.63) is 88.8 Å². The number of aromatic nitrogens is 3. The largest absolute Gasteiger partial charge is 0.481 e. The SMILES string of the molecule is NCCC(=O)NCCC(=O)NC(Cc1ccnc(C(=O)O)c1)C(=O)NCCC(=O)N[C@@H](CCC(N)=O)C(=O)NCCC(=O)NC(Cc1ccnc(C(=O)O)c1)C(=O)NCCC(=O)N[C@@H](CCC(N)=O)C(=O)NCCC(=O)NC(Cc1ccnc(C(=O)O)c1)C(=O)NCCC(=O)NCCC(=O)O. The number of primary amides is 2. The maximum absolute atomic E-state index is 13.7. The number of carboxylic acid groups (broad SMARTS) is 4. The number of carbonyl (C=O) groups excluding carboxylic acids is 14. The van der Waals surface area contributed by atoms with Crippen molar-refractivity contribution in [3.8, 4) is 0 Å². The molecule has 14 amide bonds. The number of hydrogen-bond acceptors (Lipinski definition) is 22. The number of pyridine rings is 3. The van der Waals surface area contributed by atoms with E-state index in [1.54, 1.807) is 0 Å². The smallest absolute Gasteiger partial charge is 0.354 e. The third-order valence-electron chi connectivity index (χ3n) is 14.0. The van der Waals surface area contributed by atoms with Crippen molar-refractivity contribution in [2.45, 2.75) is 127 Å². The average molecular weight is 1420 g/mol. The quantitative estimate of drug-likeness (QED) is 0.0250. The zero-order valence-electron chi connectivity index (χ0n) is 54.6. The fraction of sp³-hybridized carbons (Fsp3) is 0.459. The molecule has 0 radical (unpaired) electrons. The summed E-state index contributed by atoms with van der Waals surface area (Å²) < 4.78 is 0. The summed E-state index contributed by atoms with van der Waals surface area (Å²) in [6, 6.07) is 0.562. The Kier molecular flexibility index (Phi) is 36.7. The number of nitrogens with two attached hydrogens (primary N) is 3. The van der Waals surface area contributed by atoms with Crippen LogP contribution in [0, 0.1) is 0 Å². The monoisotopic (exact) mass is 1420 g/mol. The van der Waals surface area contributed by atoms with Crippen molar-refractivity contribution >= 4 is 107 Å². The molecule has 101 heavy (non-hydrogen) atoms. The molecule has 0 spiro atoms. The highest BCUT2D eigenvalue weighted by Gasteiger charge is 2.29. The first-order chi connectivity index (χ1) is 47.9. The van der Waals surface area contributed by atoms with Crippen LogP contribution < -0.4 is 81.0 Å². The molecule has 0 aliphatic heterocycles. The molecule has 0 aromatic carbocycles. The molecule has 0 aliphatic rings. The number of carboxylic acids is 4. The number of nitrogens with zero attached hydrogens (tertiary/aromatic N) is 3. The molecule has 3 aromatic heterocycles. The van der Waals surface area contributed by atoms with Gasteiger partial charge in [0.2, 0.25) is 82.7 Å². The van der Waals surface area contributed by atoms with E-state index in [0.29, 0.717) is 0 Å². The summed E-state index contributed by atoms with van der Waals surface area (Å²) in [5.74, 6) is -16.4. The molecular formula is C61H82N18O22. The summed E-state index contributed by atoms with van der Waals surface area (Å²) in [6.45, 7) is -2.13. The van der Waals surface area contributed by atoms with E-state index >= 15 is 0 Å². The second kappa shape index (κ2) is 44.6. The van der Waals surface area contributed by atoms with Crippen molar-refractivity contribution in [2.24, 2.45) is 17.2 Å². The fourth-order valence-electron chi connectivity index (χ4n) is 8.98. The van der Waals surface area contributed by atoms with E-state index in [1.807, 2.05) is 0 Å². The molecule has 22 N–H and O–H groups in total. The standard InChI is InChI=1S/C61H82N18O22/c62-16-5-46(82)68-20-10-50(86)77-39(28-34-7-18-66-42(31-34)60(98)99)57(94)73-24-11-48(84)75-37(2-4-45(64)81)55(92)71-23-14-52(88)79-40(29-35-8-19-67-43(32-35)61(100)101)58(95)74-25-12-49(85)76-36(1-3-44(63)80)54(91)70-22-13-51(87)78-38(27-33-6-17-65-41(30-33)59(96)97)56(93)72-21-9-47(83)69-26-15-53(89)90/h6-8,17-19,30-32,36-40H,1-5,9-16,20-29,62H2,(H2,63,80)(H2,64,81)(H,68,82)(H,69,83)(H,70,91)(H,71,92)(H,72,93)(H,73,94)(H,74,95)(H,75,84)(H,76,85)(H,77,86)(H,78,87)(H,79,88)(H,89,90)(H,96,97)(H,98,99)(H,100,101)/t36-,37-,38?,39?,40?/m0/s1. The van der Waals surface area contributed by atoms with E-state index in [4.69, 9.17) is 22.3 Å². The summed E-state index contributed by atoms with van der Waals surface area (Å²) in [5, 5.41) is 66.6. The van der Waals surface area contributed by atoms with Crippen LogP contribution in [-0.2, 0) is 91.2 Å². The van der Waals surface area contributed by atoms with E-state index < -0.39 is 201 Å².